The molecule has 0 saturated carbocycles. The first kappa shape index (κ1) is 17.8. The molecule has 2 heterocycles. The number of rotatable bonds is 5. The van der Waals surface area contributed by atoms with Gasteiger partial charge < -0.3 is 9.73 Å². The molecule has 1 fully saturated rings. The van der Waals surface area contributed by atoms with Gasteiger partial charge in [-0.1, -0.05) is 29.4 Å². The molecule has 1 aliphatic rings. The van der Waals surface area contributed by atoms with E-state index in [-0.39, 0.29) is 12.2 Å². The number of carbonyl (C=O) groups excluding carboxylic acids is 2. The average Bonchev–Trinajstić information content (AvgIpc) is 3.04. The van der Waals surface area contributed by atoms with Crippen LogP contribution in [-0.4, -0.2) is 23.4 Å². The summed E-state index contributed by atoms with van der Waals surface area (Å²) in [5.41, 5.74) is 0.163. The third kappa shape index (κ3) is 4.00. The van der Waals surface area contributed by atoms with Gasteiger partial charge in [-0.05, 0) is 46.3 Å². The fraction of sp³-hybridized carbons (Fsp3) is 0.0588. The summed E-state index contributed by atoms with van der Waals surface area (Å²) in [6.07, 6.45) is 2.99. The topological polar surface area (TPSA) is 62.6 Å². The number of hydrogen-bond acceptors (Lipinski definition) is 4. The summed E-state index contributed by atoms with van der Waals surface area (Å²) in [7, 11) is 0. The van der Waals surface area contributed by atoms with Crippen molar-refractivity contribution in [3.05, 3.63) is 63.9 Å². The van der Waals surface area contributed by atoms with E-state index in [4.69, 9.17) is 16.0 Å². The molecule has 0 spiro atoms. The smallest absolute Gasteiger partial charge is 0.329 e. The molecule has 0 aliphatic carbocycles. The number of urea groups is 1. The predicted octanol–water partition coefficient (Wildman–Crippen LogP) is 4.93. The normalized spacial score (nSPS) is 15.8. The van der Waals surface area contributed by atoms with E-state index >= 15 is 0 Å². The molecule has 3 amide bonds. The van der Waals surface area contributed by atoms with Crippen LogP contribution >= 0.6 is 39.3 Å². The molecular formula is C17H12BrClN2O3S. The standard InChI is InChI=1S/C17H12BrClN2O3S/c1-2-7-21-15(22)14(20-17(21)23)9-11-8-13(18)16(24-11)25-12-5-3-10(19)4-6-12/h2-6,8-9H,1,7H2,(H,20,23)/b14-9+. The molecule has 0 unspecified atom stereocenters. The first-order valence-corrected chi connectivity index (χ1v) is 9.15. The second-order valence-electron chi connectivity index (χ2n) is 5.03. The van der Waals surface area contributed by atoms with E-state index in [9.17, 15) is 9.59 Å². The zero-order valence-corrected chi connectivity index (χ0v) is 16.0. The molecule has 1 N–H and O–H groups in total. The zero-order chi connectivity index (χ0) is 18.0. The van der Waals surface area contributed by atoms with Crippen molar-refractivity contribution in [2.24, 2.45) is 0 Å². The maximum Gasteiger partial charge on any atom is 0.329 e. The number of furan rings is 1. The highest BCUT2D eigenvalue weighted by Gasteiger charge is 2.32. The van der Waals surface area contributed by atoms with Gasteiger partial charge in [0.05, 0.1) is 4.47 Å². The number of imide groups is 1. The lowest BCUT2D eigenvalue weighted by atomic mass is 10.3. The molecule has 8 heteroatoms. The summed E-state index contributed by atoms with van der Waals surface area (Å²) >= 11 is 10.7. The summed E-state index contributed by atoms with van der Waals surface area (Å²) in [6.45, 7) is 3.69. The molecule has 1 aromatic carbocycles. The molecule has 0 radical (unpaired) electrons. The minimum Gasteiger partial charge on any atom is -0.449 e. The van der Waals surface area contributed by atoms with Crippen LogP contribution in [0.1, 0.15) is 5.76 Å². The minimum atomic E-state index is -0.475. The lowest BCUT2D eigenvalue weighted by Gasteiger charge is -2.06. The number of benzene rings is 1. The minimum absolute atomic E-state index is 0.154. The maximum atomic E-state index is 12.2. The van der Waals surface area contributed by atoms with E-state index < -0.39 is 11.9 Å². The molecule has 1 saturated heterocycles. The van der Waals surface area contributed by atoms with E-state index in [1.54, 1.807) is 18.2 Å². The van der Waals surface area contributed by atoms with E-state index in [1.807, 2.05) is 12.1 Å². The zero-order valence-electron chi connectivity index (χ0n) is 12.8. The van der Waals surface area contributed by atoms with Gasteiger partial charge in [0.1, 0.15) is 11.5 Å². The predicted molar refractivity (Wildman–Crippen MR) is 100 cm³/mol. The number of halogens is 2. The molecule has 0 bridgehead atoms. The van der Waals surface area contributed by atoms with Gasteiger partial charge in [0.15, 0.2) is 5.09 Å². The quantitative estimate of drug-likeness (QED) is 0.408. The highest BCUT2D eigenvalue weighted by Crippen LogP contribution is 2.37. The van der Waals surface area contributed by atoms with Crippen LogP contribution in [0.25, 0.3) is 6.08 Å². The SMILES string of the molecule is C=CCN1C(=O)N/C(=C/c2cc(Br)c(Sc3ccc(Cl)cc3)o2)C1=O. The Morgan fingerprint density at radius 1 is 1.32 bits per heavy atom. The van der Waals surface area contributed by atoms with Gasteiger partial charge in [0.25, 0.3) is 5.91 Å². The molecule has 0 atom stereocenters. The van der Waals surface area contributed by atoms with Crippen molar-refractivity contribution in [3.63, 3.8) is 0 Å². The Morgan fingerprint density at radius 2 is 2.04 bits per heavy atom. The molecular weight excluding hydrogens is 428 g/mol. The highest BCUT2D eigenvalue weighted by atomic mass is 79.9. The van der Waals surface area contributed by atoms with Crippen LogP contribution in [0.2, 0.25) is 5.02 Å². The van der Waals surface area contributed by atoms with Gasteiger partial charge in [-0.15, -0.1) is 6.58 Å². The van der Waals surface area contributed by atoms with Crippen LogP contribution < -0.4 is 5.32 Å². The Labute approximate surface area is 161 Å². The van der Waals surface area contributed by atoms with Crippen LogP contribution in [-0.2, 0) is 4.79 Å². The fourth-order valence-electron chi connectivity index (χ4n) is 2.13. The van der Waals surface area contributed by atoms with Gasteiger partial charge in [0, 0.05) is 22.5 Å². The molecule has 1 aliphatic heterocycles. The van der Waals surface area contributed by atoms with Gasteiger partial charge >= 0.3 is 6.03 Å². The summed E-state index contributed by atoms with van der Waals surface area (Å²) in [5, 5.41) is 3.82. The summed E-state index contributed by atoms with van der Waals surface area (Å²) < 4.78 is 6.50. The number of nitrogens with one attached hydrogen (secondary N) is 1. The lowest BCUT2D eigenvalue weighted by molar-refractivity contribution is -0.122. The summed E-state index contributed by atoms with van der Waals surface area (Å²) in [4.78, 5) is 26.0. The Bertz CT molecular complexity index is 877. The van der Waals surface area contributed by atoms with Crippen LogP contribution in [0, 0.1) is 0 Å². The van der Waals surface area contributed by atoms with Gasteiger partial charge in [-0.2, -0.15) is 0 Å². The van der Waals surface area contributed by atoms with E-state index in [0.717, 1.165) is 14.3 Å². The number of nitrogens with zero attached hydrogens (tertiary/aromatic N) is 1. The number of hydrogen-bond donors (Lipinski definition) is 1. The van der Waals surface area contributed by atoms with Crippen molar-refractivity contribution >= 4 is 57.3 Å². The third-order valence-corrected chi connectivity index (χ3v) is 5.36. The lowest BCUT2D eigenvalue weighted by Crippen LogP contribution is -2.30. The van der Waals surface area contributed by atoms with E-state index in [0.29, 0.717) is 15.9 Å². The summed E-state index contributed by atoms with van der Waals surface area (Å²) in [5.74, 6) is 0.0387. The van der Waals surface area contributed by atoms with Crippen LogP contribution in [0.15, 0.2) is 67.6 Å². The Morgan fingerprint density at radius 3 is 2.72 bits per heavy atom. The van der Waals surface area contributed by atoms with Crippen molar-refractivity contribution in [3.8, 4) is 0 Å². The van der Waals surface area contributed by atoms with Crippen molar-refractivity contribution in [1.29, 1.82) is 0 Å². The first-order chi connectivity index (χ1) is 12.0. The van der Waals surface area contributed by atoms with Gasteiger partial charge in [0.2, 0.25) is 0 Å². The van der Waals surface area contributed by atoms with Crippen molar-refractivity contribution in [2.75, 3.05) is 6.54 Å². The van der Waals surface area contributed by atoms with E-state index in [2.05, 4.69) is 27.8 Å². The number of carbonyl (C=O) groups is 2. The molecule has 5 nitrogen and oxygen atoms in total. The average molecular weight is 440 g/mol. The van der Waals surface area contributed by atoms with Crippen molar-refractivity contribution < 1.29 is 14.0 Å². The Hall–Kier alpha value is -1.96. The monoisotopic (exact) mass is 438 g/mol. The van der Waals surface area contributed by atoms with Gasteiger partial charge in [-0.3, -0.25) is 9.69 Å². The van der Waals surface area contributed by atoms with Crippen LogP contribution in [0.3, 0.4) is 0 Å². The largest absolute Gasteiger partial charge is 0.449 e. The highest BCUT2D eigenvalue weighted by molar-refractivity contribution is 9.10. The molecule has 3 rings (SSSR count). The third-order valence-electron chi connectivity index (χ3n) is 3.26. The number of amides is 3. The van der Waals surface area contributed by atoms with Crippen molar-refractivity contribution in [1.82, 2.24) is 10.2 Å². The Kier molecular flexibility index (Phi) is 5.36. The second-order valence-corrected chi connectivity index (χ2v) is 7.37. The molecule has 1 aromatic heterocycles. The van der Waals surface area contributed by atoms with Crippen LogP contribution in [0.5, 0.6) is 0 Å². The second kappa shape index (κ2) is 7.51. The maximum absolute atomic E-state index is 12.2. The van der Waals surface area contributed by atoms with E-state index in [1.165, 1.54) is 23.9 Å². The van der Waals surface area contributed by atoms with Gasteiger partial charge in [-0.25, -0.2) is 4.79 Å². The van der Waals surface area contributed by atoms with Crippen molar-refractivity contribution in [2.45, 2.75) is 9.99 Å². The Balaban J connectivity index is 1.80. The summed E-state index contributed by atoms with van der Waals surface area (Å²) in [6, 6.07) is 8.62. The first-order valence-electron chi connectivity index (χ1n) is 7.16. The molecule has 128 valence electrons. The molecule has 2 aromatic rings. The fourth-order valence-corrected chi connectivity index (χ4v) is 3.58. The van der Waals surface area contributed by atoms with Crippen LogP contribution in [0.4, 0.5) is 4.79 Å². The molecule has 25 heavy (non-hydrogen) atoms.